The summed E-state index contributed by atoms with van der Waals surface area (Å²) in [5.74, 6) is 5.74. The second-order valence-corrected chi connectivity index (χ2v) is 5.20. The molecule has 1 unspecified atom stereocenters. The SMILES string of the molecule is Cc1ccc(CC(NN)c2ccccc2C)cc1C. The van der Waals surface area contributed by atoms with Crippen molar-refractivity contribution in [2.45, 2.75) is 33.2 Å². The van der Waals surface area contributed by atoms with Crippen molar-refractivity contribution < 1.29 is 0 Å². The lowest BCUT2D eigenvalue weighted by Gasteiger charge is -2.19. The summed E-state index contributed by atoms with van der Waals surface area (Å²) in [4.78, 5) is 0. The van der Waals surface area contributed by atoms with Gasteiger partial charge in [-0.15, -0.1) is 0 Å². The highest BCUT2D eigenvalue weighted by Crippen LogP contribution is 2.22. The molecule has 0 aromatic heterocycles. The van der Waals surface area contributed by atoms with Gasteiger partial charge in [-0.05, 0) is 55.0 Å². The first-order chi connectivity index (χ1) is 9.11. The molecule has 2 heteroatoms. The van der Waals surface area contributed by atoms with Gasteiger partial charge in [-0.2, -0.15) is 0 Å². The second-order valence-electron chi connectivity index (χ2n) is 5.20. The number of aryl methyl sites for hydroxylation is 3. The molecule has 0 heterocycles. The van der Waals surface area contributed by atoms with Crippen LogP contribution in [0.2, 0.25) is 0 Å². The van der Waals surface area contributed by atoms with Gasteiger partial charge in [0.15, 0.2) is 0 Å². The van der Waals surface area contributed by atoms with E-state index in [-0.39, 0.29) is 6.04 Å². The number of nitrogens with one attached hydrogen (secondary N) is 1. The fraction of sp³-hybridized carbons (Fsp3) is 0.294. The van der Waals surface area contributed by atoms with E-state index >= 15 is 0 Å². The van der Waals surface area contributed by atoms with Crippen LogP contribution in [0.15, 0.2) is 42.5 Å². The van der Waals surface area contributed by atoms with Crippen LogP contribution < -0.4 is 11.3 Å². The van der Waals surface area contributed by atoms with Gasteiger partial charge in [0.05, 0.1) is 6.04 Å². The van der Waals surface area contributed by atoms with Crippen LogP contribution in [0.1, 0.15) is 33.9 Å². The third-order valence-corrected chi connectivity index (χ3v) is 3.78. The Labute approximate surface area is 115 Å². The molecule has 0 bridgehead atoms. The quantitative estimate of drug-likeness (QED) is 0.648. The number of rotatable bonds is 4. The summed E-state index contributed by atoms with van der Waals surface area (Å²) in [6.07, 6.45) is 0.905. The second kappa shape index (κ2) is 6.00. The molecule has 0 radical (unpaired) electrons. The highest BCUT2D eigenvalue weighted by Gasteiger charge is 2.12. The maximum atomic E-state index is 5.74. The average molecular weight is 254 g/mol. The van der Waals surface area contributed by atoms with E-state index in [1.54, 1.807) is 0 Å². The monoisotopic (exact) mass is 254 g/mol. The first kappa shape index (κ1) is 13.8. The molecule has 100 valence electrons. The smallest absolute Gasteiger partial charge is 0.0502 e. The Morgan fingerprint density at radius 1 is 0.947 bits per heavy atom. The highest BCUT2D eigenvalue weighted by molar-refractivity contribution is 5.33. The van der Waals surface area contributed by atoms with Crippen molar-refractivity contribution in [1.29, 1.82) is 0 Å². The molecule has 0 saturated heterocycles. The number of hydrogen-bond donors (Lipinski definition) is 2. The summed E-state index contributed by atoms with van der Waals surface area (Å²) in [5, 5.41) is 0. The number of hydrazine groups is 1. The van der Waals surface area contributed by atoms with Gasteiger partial charge in [0.2, 0.25) is 0 Å². The standard InChI is InChI=1S/C17H22N2/c1-12-8-9-15(10-14(12)3)11-17(19-18)16-7-5-4-6-13(16)2/h4-10,17,19H,11,18H2,1-3H3. The maximum absolute atomic E-state index is 5.74. The molecule has 1 atom stereocenters. The zero-order valence-electron chi connectivity index (χ0n) is 11.9. The van der Waals surface area contributed by atoms with Crippen molar-refractivity contribution >= 4 is 0 Å². The van der Waals surface area contributed by atoms with Crippen molar-refractivity contribution in [3.8, 4) is 0 Å². The predicted molar refractivity (Wildman–Crippen MR) is 80.9 cm³/mol. The highest BCUT2D eigenvalue weighted by atomic mass is 15.2. The zero-order valence-corrected chi connectivity index (χ0v) is 11.9. The van der Waals surface area contributed by atoms with Crippen molar-refractivity contribution in [2.24, 2.45) is 5.84 Å². The van der Waals surface area contributed by atoms with E-state index in [2.05, 4.69) is 68.7 Å². The van der Waals surface area contributed by atoms with Gasteiger partial charge in [0.25, 0.3) is 0 Å². The molecule has 0 aliphatic rings. The molecule has 0 fully saturated rings. The van der Waals surface area contributed by atoms with Crippen LogP contribution in [-0.2, 0) is 6.42 Å². The molecule has 3 N–H and O–H groups in total. The van der Waals surface area contributed by atoms with E-state index in [1.165, 1.54) is 27.8 Å². The maximum Gasteiger partial charge on any atom is 0.0502 e. The van der Waals surface area contributed by atoms with Crippen molar-refractivity contribution in [2.75, 3.05) is 0 Å². The first-order valence-corrected chi connectivity index (χ1v) is 6.69. The minimum atomic E-state index is 0.156. The van der Waals surface area contributed by atoms with Crippen LogP contribution in [-0.4, -0.2) is 0 Å². The molecule has 0 aliphatic carbocycles. The summed E-state index contributed by atoms with van der Waals surface area (Å²) in [6, 6.07) is 15.2. The van der Waals surface area contributed by atoms with Gasteiger partial charge in [-0.25, -0.2) is 0 Å². The molecule has 2 aromatic carbocycles. The normalized spacial score (nSPS) is 12.4. The molecule has 0 aliphatic heterocycles. The minimum absolute atomic E-state index is 0.156. The lowest BCUT2D eigenvalue weighted by molar-refractivity contribution is 0.549. The number of nitrogens with two attached hydrogens (primary N) is 1. The van der Waals surface area contributed by atoms with Crippen molar-refractivity contribution in [1.82, 2.24) is 5.43 Å². The molecule has 0 saturated carbocycles. The molecule has 19 heavy (non-hydrogen) atoms. The van der Waals surface area contributed by atoms with Crippen molar-refractivity contribution in [3.05, 3.63) is 70.3 Å². The summed E-state index contributed by atoms with van der Waals surface area (Å²) in [5.41, 5.74) is 9.46. The molecular weight excluding hydrogens is 232 g/mol. The van der Waals surface area contributed by atoms with Crippen molar-refractivity contribution in [3.63, 3.8) is 0 Å². The van der Waals surface area contributed by atoms with E-state index in [0.29, 0.717) is 0 Å². The number of hydrogen-bond acceptors (Lipinski definition) is 2. The Morgan fingerprint density at radius 3 is 2.32 bits per heavy atom. The van der Waals surface area contributed by atoms with Crippen LogP contribution in [0.3, 0.4) is 0 Å². The molecule has 0 spiro atoms. The third-order valence-electron chi connectivity index (χ3n) is 3.78. The zero-order chi connectivity index (χ0) is 13.8. The molecule has 2 nitrogen and oxygen atoms in total. The van der Waals surface area contributed by atoms with E-state index < -0.39 is 0 Å². The average Bonchev–Trinajstić information content (AvgIpc) is 2.41. The Hall–Kier alpha value is -1.64. The summed E-state index contributed by atoms with van der Waals surface area (Å²) < 4.78 is 0. The van der Waals surface area contributed by atoms with E-state index in [9.17, 15) is 0 Å². The largest absolute Gasteiger partial charge is 0.271 e. The fourth-order valence-electron chi connectivity index (χ4n) is 2.40. The van der Waals surface area contributed by atoms with E-state index in [0.717, 1.165) is 6.42 Å². The minimum Gasteiger partial charge on any atom is -0.271 e. The Kier molecular flexibility index (Phi) is 4.35. The lowest BCUT2D eigenvalue weighted by Crippen LogP contribution is -2.30. The lowest BCUT2D eigenvalue weighted by atomic mass is 9.94. The van der Waals surface area contributed by atoms with Crippen LogP contribution in [0.5, 0.6) is 0 Å². The fourth-order valence-corrected chi connectivity index (χ4v) is 2.40. The Balaban J connectivity index is 2.24. The predicted octanol–water partition coefficient (Wildman–Crippen LogP) is 3.36. The van der Waals surface area contributed by atoms with Crippen LogP contribution in [0.25, 0.3) is 0 Å². The van der Waals surface area contributed by atoms with E-state index in [1.807, 2.05) is 0 Å². The number of benzene rings is 2. The van der Waals surface area contributed by atoms with Gasteiger partial charge in [-0.1, -0.05) is 42.5 Å². The Bertz CT molecular complexity index is 561. The topological polar surface area (TPSA) is 38.0 Å². The molecule has 2 aromatic rings. The Morgan fingerprint density at radius 2 is 1.68 bits per heavy atom. The molecule has 2 rings (SSSR count). The summed E-state index contributed by atoms with van der Waals surface area (Å²) >= 11 is 0. The van der Waals surface area contributed by atoms with Gasteiger partial charge in [0.1, 0.15) is 0 Å². The van der Waals surface area contributed by atoms with Crippen LogP contribution in [0.4, 0.5) is 0 Å². The van der Waals surface area contributed by atoms with Crippen LogP contribution >= 0.6 is 0 Å². The van der Waals surface area contributed by atoms with Gasteiger partial charge in [-0.3, -0.25) is 11.3 Å². The first-order valence-electron chi connectivity index (χ1n) is 6.69. The summed E-state index contributed by atoms with van der Waals surface area (Å²) in [7, 11) is 0. The van der Waals surface area contributed by atoms with Gasteiger partial charge < -0.3 is 0 Å². The van der Waals surface area contributed by atoms with Crippen LogP contribution in [0, 0.1) is 20.8 Å². The van der Waals surface area contributed by atoms with Gasteiger partial charge >= 0.3 is 0 Å². The molecule has 0 amide bonds. The van der Waals surface area contributed by atoms with E-state index in [4.69, 9.17) is 5.84 Å². The summed E-state index contributed by atoms with van der Waals surface area (Å²) in [6.45, 7) is 6.41. The van der Waals surface area contributed by atoms with Gasteiger partial charge in [0, 0.05) is 0 Å². The molecular formula is C17H22N2. The third kappa shape index (κ3) is 3.22.